The lowest BCUT2D eigenvalue weighted by Crippen LogP contribution is -2.30. The van der Waals surface area contributed by atoms with Gasteiger partial charge < -0.3 is 14.8 Å². The Labute approximate surface area is 98.1 Å². The Morgan fingerprint density at radius 3 is 2.53 bits per heavy atom. The molecule has 0 bridgehead atoms. The van der Waals surface area contributed by atoms with E-state index in [0.29, 0.717) is 17.2 Å². The summed E-state index contributed by atoms with van der Waals surface area (Å²) in [4.78, 5) is 24.1. The van der Waals surface area contributed by atoms with E-state index in [4.69, 9.17) is 9.47 Å². The van der Waals surface area contributed by atoms with Crippen LogP contribution in [0.3, 0.4) is 0 Å². The van der Waals surface area contributed by atoms with E-state index in [-0.39, 0.29) is 12.5 Å². The number of benzene rings is 1. The zero-order valence-corrected chi connectivity index (χ0v) is 9.52. The van der Waals surface area contributed by atoms with Crippen molar-refractivity contribution in [2.75, 3.05) is 25.7 Å². The van der Waals surface area contributed by atoms with Crippen LogP contribution in [0.5, 0.6) is 11.5 Å². The highest BCUT2D eigenvalue weighted by molar-refractivity contribution is 6.20. The SMILES string of the molecule is COc1ccc(N2C(=O)CNC2=O)c(OC)c1. The van der Waals surface area contributed by atoms with Crippen LogP contribution in [0.4, 0.5) is 10.5 Å². The second-order valence-electron chi connectivity index (χ2n) is 3.43. The molecule has 90 valence electrons. The molecule has 1 heterocycles. The number of nitrogens with one attached hydrogen (secondary N) is 1. The van der Waals surface area contributed by atoms with Gasteiger partial charge in [0.2, 0.25) is 0 Å². The average Bonchev–Trinajstić information content (AvgIpc) is 2.68. The number of anilines is 1. The Kier molecular flexibility index (Phi) is 2.86. The number of imide groups is 1. The van der Waals surface area contributed by atoms with Crippen LogP contribution in [-0.2, 0) is 4.79 Å². The molecule has 0 saturated carbocycles. The third-order valence-corrected chi connectivity index (χ3v) is 2.47. The normalized spacial score (nSPS) is 14.8. The van der Waals surface area contributed by atoms with Gasteiger partial charge in [-0.25, -0.2) is 9.69 Å². The summed E-state index contributed by atoms with van der Waals surface area (Å²) >= 11 is 0. The van der Waals surface area contributed by atoms with Gasteiger partial charge in [0.15, 0.2) is 0 Å². The maximum atomic E-state index is 11.6. The molecule has 3 amide bonds. The van der Waals surface area contributed by atoms with E-state index < -0.39 is 6.03 Å². The smallest absolute Gasteiger partial charge is 0.329 e. The molecule has 0 radical (unpaired) electrons. The molecule has 0 aliphatic carbocycles. The number of hydrogen-bond donors (Lipinski definition) is 1. The van der Waals surface area contributed by atoms with Crippen molar-refractivity contribution >= 4 is 17.6 Å². The van der Waals surface area contributed by atoms with Crippen LogP contribution in [0.15, 0.2) is 18.2 Å². The second-order valence-corrected chi connectivity index (χ2v) is 3.43. The van der Waals surface area contributed by atoms with E-state index in [1.807, 2.05) is 0 Å². The minimum atomic E-state index is -0.446. The van der Waals surface area contributed by atoms with Crippen LogP contribution in [0, 0.1) is 0 Å². The second kappa shape index (κ2) is 4.32. The summed E-state index contributed by atoms with van der Waals surface area (Å²) in [6, 6.07) is 4.45. The average molecular weight is 236 g/mol. The van der Waals surface area contributed by atoms with Gasteiger partial charge in [-0.05, 0) is 12.1 Å². The Morgan fingerprint density at radius 2 is 2.00 bits per heavy atom. The summed E-state index contributed by atoms with van der Waals surface area (Å²) in [5.74, 6) is 0.700. The van der Waals surface area contributed by atoms with Gasteiger partial charge in [-0.3, -0.25) is 4.79 Å². The van der Waals surface area contributed by atoms with Crippen LogP contribution < -0.4 is 19.7 Å². The highest BCUT2D eigenvalue weighted by Gasteiger charge is 2.32. The van der Waals surface area contributed by atoms with Gasteiger partial charge in [-0.1, -0.05) is 0 Å². The fraction of sp³-hybridized carbons (Fsp3) is 0.273. The number of nitrogens with zero attached hydrogens (tertiary/aromatic N) is 1. The number of carbonyl (C=O) groups is 2. The van der Waals surface area contributed by atoms with Crippen LogP contribution in [0.2, 0.25) is 0 Å². The number of rotatable bonds is 3. The maximum Gasteiger partial charge on any atom is 0.329 e. The minimum absolute atomic E-state index is 0.00795. The van der Waals surface area contributed by atoms with Crippen LogP contribution in [0.25, 0.3) is 0 Å². The number of carbonyl (C=O) groups excluding carboxylic acids is 2. The summed E-state index contributed by atoms with van der Waals surface area (Å²) in [5.41, 5.74) is 0.410. The summed E-state index contributed by atoms with van der Waals surface area (Å²) in [5, 5.41) is 2.45. The minimum Gasteiger partial charge on any atom is -0.497 e. The van der Waals surface area contributed by atoms with Crippen molar-refractivity contribution in [3.05, 3.63) is 18.2 Å². The van der Waals surface area contributed by atoms with Gasteiger partial charge in [-0.2, -0.15) is 0 Å². The lowest BCUT2D eigenvalue weighted by Gasteiger charge is -2.16. The van der Waals surface area contributed by atoms with E-state index in [2.05, 4.69) is 5.32 Å². The predicted octanol–water partition coefficient (Wildman–Crippen LogP) is 0.760. The van der Waals surface area contributed by atoms with E-state index in [9.17, 15) is 9.59 Å². The van der Waals surface area contributed by atoms with E-state index in [1.54, 1.807) is 18.2 Å². The molecule has 1 aromatic carbocycles. The number of ether oxygens (including phenoxy) is 2. The molecule has 17 heavy (non-hydrogen) atoms. The van der Waals surface area contributed by atoms with Gasteiger partial charge in [0.1, 0.15) is 11.5 Å². The van der Waals surface area contributed by atoms with Gasteiger partial charge in [0.25, 0.3) is 5.91 Å². The molecule has 0 atom stereocenters. The van der Waals surface area contributed by atoms with Gasteiger partial charge >= 0.3 is 6.03 Å². The van der Waals surface area contributed by atoms with Crippen molar-refractivity contribution in [3.8, 4) is 11.5 Å². The Hall–Kier alpha value is -2.24. The Balaban J connectivity index is 2.44. The molecule has 0 aromatic heterocycles. The van der Waals surface area contributed by atoms with Crippen LogP contribution in [-0.4, -0.2) is 32.7 Å². The summed E-state index contributed by atoms with van der Waals surface area (Å²) in [6.07, 6.45) is 0. The molecule has 0 spiro atoms. The molecule has 1 aromatic rings. The Morgan fingerprint density at radius 1 is 1.24 bits per heavy atom. The molecule has 2 rings (SSSR count). The zero-order chi connectivity index (χ0) is 12.4. The van der Waals surface area contributed by atoms with Gasteiger partial charge in [0.05, 0.1) is 26.5 Å². The van der Waals surface area contributed by atoms with Crippen LogP contribution >= 0.6 is 0 Å². The summed E-state index contributed by atoms with van der Waals surface area (Å²) in [7, 11) is 3.00. The monoisotopic (exact) mass is 236 g/mol. The van der Waals surface area contributed by atoms with Crippen LogP contribution in [0.1, 0.15) is 0 Å². The Bertz CT molecular complexity index is 457. The number of hydrogen-bond acceptors (Lipinski definition) is 4. The first-order valence-electron chi connectivity index (χ1n) is 5.00. The number of methoxy groups -OCH3 is 2. The number of amides is 3. The lowest BCUT2D eigenvalue weighted by atomic mass is 10.2. The van der Waals surface area contributed by atoms with Crippen molar-refractivity contribution in [2.24, 2.45) is 0 Å². The highest BCUT2D eigenvalue weighted by atomic mass is 16.5. The van der Waals surface area contributed by atoms with Crippen molar-refractivity contribution in [2.45, 2.75) is 0 Å². The van der Waals surface area contributed by atoms with Crippen molar-refractivity contribution in [3.63, 3.8) is 0 Å². The lowest BCUT2D eigenvalue weighted by molar-refractivity contribution is -0.115. The molecule has 6 nitrogen and oxygen atoms in total. The van der Waals surface area contributed by atoms with E-state index in [1.165, 1.54) is 14.2 Å². The molecule has 1 N–H and O–H groups in total. The predicted molar refractivity (Wildman–Crippen MR) is 60.4 cm³/mol. The largest absolute Gasteiger partial charge is 0.497 e. The highest BCUT2D eigenvalue weighted by Crippen LogP contribution is 2.33. The molecule has 1 saturated heterocycles. The molecule has 1 aliphatic heterocycles. The molecular formula is C11H12N2O4. The zero-order valence-electron chi connectivity index (χ0n) is 9.52. The fourth-order valence-electron chi connectivity index (χ4n) is 1.64. The standard InChI is InChI=1S/C11H12N2O4/c1-16-7-3-4-8(9(5-7)17-2)13-10(14)6-12-11(13)15/h3-5H,6H2,1-2H3,(H,12,15). The third kappa shape index (κ3) is 1.89. The first-order chi connectivity index (χ1) is 8.17. The van der Waals surface area contributed by atoms with Gasteiger partial charge in [0, 0.05) is 6.07 Å². The maximum absolute atomic E-state index is 11.6. The van der Waals surface area contributed by atoms with Crippen molar-refractivity contribution in [1.82, 2.24) is 5.32 Å². The van der Waals surface area contributed by atoms with E-state index >= 15 is 0 Å². The van der Waals surface area contributed by atoms with Crippen molar-refractivity contribution < 1.29 is 19.1 Å². The third-order valence-electron chi connectivity index (χ3n) is 2.47. The first-order valence-corrected chi connectivity index (χ1v) is 5.00. The first kappa shape index (κ1) is 11.3. The van der Waals surface area contributed by atoms with E-state index in [0.717, 1.165) is 4.90 Å². The summed E-state index contributed by atoms with van der Waals surface area (Å²) in [6.45, 7) is 0.00795. The quantitative estimate of drug-likeness (QED) is 0.787. The molecule has 6 heteroatoms. The molecule has 1 aliphatic rings. The number of urea groups is 1. The van der Waals surface area contributed by atoms with Crippen molar-refractivity contribution in [1.29, 1.82) is 0 Å². The fourth-order valence-corrected chi connectivity index (χ4v) is 1.64. The molecular weight excluding hydrogens is 224 g/mol. The molecule has 0 unspecified atom stereocenters. The summed E-state index contributed by atoms with van der Waals surface area (Å²) < 4.78 is 10.2. The topological polar surface area (TPSA) is 67.9 Å². The molecule has 1 fully saturated rings. The van der Waals surface area contributed by atoms with Gasteiger partial charge in [-0.15, -0.1) is 0 Å².